The van der Waals surface area contributed by atoms with E-state index in [2.05, 4.69) is 20.9 Å². The van der Waals surface area contributed by atoms with Crippen LogP contribution in [0.4, 0.5) is 0 Å². The SMILES string of the molecule is CC(C)(C)NNC(=O)c1nn(-c2c[n+]([O-])ccn2)c2c1C[C@H]1C[C@@H]21. The predicted octanol–water partition coefficient (Wildman–Crippen LogP) is 0.593. The van der Waals surface area contributed by atoms with Gasteiger partial charge in [-0.2, -0.15) is 9.83 Å². The van der Waals surface area contributed by atoms with Crippen LogP contribution in [0.1, 0.15) is 54.9 Å². The molecule has 2 heterocycles. The molecule has 8 heteroatoms. The molecule has 126 valence electrons. The Kier molecular flexibility index (Phi) is 3.14. The number of fused-ring (bicyclic) bond motifs is 3. The highest BCUT2D eigenvalue weighted by molar-refractivity contribution is 5.94. The zero-order valence-electron chi connectivity index (χ0n) is 13.9. The van der Waals surface area contributed by atoms with Gasteiger partial charge in [0.15, 0.2) is 11.9 Å². The minimum Gasteiger partial charge on any atom is -0.619 e. The lowest BCUT2D eigenvalue weighted by atomic mass is 10.1. The van der Waals surface area contributed by atoms with E-state index in [1.165, 1.54) is 18.6 Å². The van der Waals surface area contributed by atoms with Crippen molar-refractivity contribution < 1.29 is 9.52 Å². The van der Waals surface area contributed by atoms with Gasteiger partial charge in [-0.3, -0.25) is 10.2 Å². The molecule has 0 unspecified atom stereocenters. The van der Waals surface area contributed by atoms with Gasteiger partial charge < -0.3 is 5.21 Å². The molecular weight excluding hydrogens is 308 g/mol. The van der Waals surface area contributed by atoms with Gasteiger partial charge in [0.25, 0.3) is 5.91 Å². The van der Waals surface area contributed by atoms with E-state index in [-0.39, 0.29) is 11.4 Å². The van der Waals surface area contributed by atoms with Crippen molar-refractivity contribution in [2.75, 3.05) is 0 Å². The number of rotatable bonds is 3. The second-order valence-corrected chi connectivity index (χ2v) is 7.53. The molecule has 1 saturated carbocycles. The molecule has 2 atom stereocenters. The second kappa shape index (κ2) is 5.01. The molecule has 0 radical (unpaired) electrons. The number of nitrogens with one attached hydrogen (secondary N) is 2. The Morgan fingerprint density at radius 3 is 2.96 bits per heavy atom. The number of hydrogen-bond acceptors (Lipinski definition) is 5. The van der Waals surface area contributed by atoms with Gasteiger partial charge in [0.1, 0.15) is 0 Å². The van der Waals surface area contributed by atoms with Gasteiger partial charge in [-0.1, -0.05) is 0 Å². The van der Waals surface area contributed by atoms with Gasteiger partial charge in [0, 0.05) is 17.0 Å². The van der Waals surface area contributed by atoms with Gasteiger partial charge >= 0.3 is 0 Å². The van der Waals surface area contributed by atoms with Crippen LogP contribution < -0.4 is 15.6 Å². The Balaban J connectivity index is 1.71. The second-order valence-electron chi connectivity index (χ2n) is 7.53. The largest absolute Gasteiger partial charge is 0.619 e. The van der Waals surface area contributed by atoms with E-state index >= 15 is 0 Å². The fourth-order valence-corrected chi connectivity index (χ4v) is 3.25. The molecule has 2 aliphatic rings. The highest BCUT2D eigenvalue weighted by Crippen LogP contribution is 2.57. The van der Waals surface area contributed by atoms with Gasteiger partial charge in [0.2, 0.25) is 12.0 Å². The van der Waals surface area contributed by atoms with E-state index in [0.717, 1.165) is 24.1 Å². The first kappa shape index (κ1) is 15.1. The van der Waals surface area contributed by atoms with Crippen LogP contribution in [0.5, 0.6) is 0 Å². The van der Waals surface area contributed by atoms with Crippen molar-refractivity contribution in [3.05, 3.63) is 40.7 Å². The molecule has 2 aromatic heterocycles. The van der Waals surface area contributed by atoms with Crippen molar-refractivity contribution in [1.82, 2.24) is 25.6 Å². The standard InChI is InChI=1S/C16H20N6O2/c1-16(2,3)20-18-15(23)13-11-7-9-6-10(9)14(11)22(19-13)12-8-21(24)5-4-17-12/h4-5,8-10,20H,6-7H2,1-3H3,(H,18,23)/t9-,10-/m1/s1. The van der Waals surface area contributed by atoms with Crippen LogP contribution in [0.3, 0.4) is 0 Å². The third kappa shape index (κ3) is 2.52. The quantitative estimate of drug-likeness (QED) is 0.488. The van der Waals surface area contributed by atoms with Gasteiger partial charge in [-0.25, -0.2) is 15.1 Å². The van der Waals surface area contributed by atoms with Crippen molar-refractivity contribution in [2.24, 2.45) is 5.92 Å². The average Bonchev–Trinajstić information content (AvgIpc) is 3.01. The van der Waals surface area contributed by atoms with Gasteiger partial charge in [-0.05, 0) is 39.5 Å². The highest BCUT2D eigenvalue weighted by Gasteiger charge is 2.50. The van der Waals surface area contributed by atoms with E-state index in [1.807, 2.05) is 20.8 Å². The Morgan fingerprint density at radius 1 is 1.46 bits per heavy atom. The molecule has 0 aliphatic heterocycles. The van der Waals surface area contributed by atoms with Gasteiger partial charge in [0.05, 0.1) is 11.9 Å². The lowest BCUT2D eigenvalue weighted by Gasteiger charge is -2.20. The van der Waals surface area contributed by atoms with E-state index in [0.29, 0.717) is 28.1 Å². The Labute approximate surface area is 139 Å². The molecule has 0 bridgehead atoms. The molecule has 1 fully saturated rings. The number of carbonyl (C=O) groups excluding carboxylic acids is 1. The van der Waals surface area contributed by atoms with E-state index in [9.17, 15) is 10.0 Å². The number of carbonyl (C=O) groups is 1. The number of nitrogens with zero attached hydrogens (tertiary/aromatic N) is 4. The zero-order valence-corrected chi connectivity index (χ0v) is 13.9. The third-order valence-corrected chi connectivity index (χ3v) is 4.41. The summed E-state index contributed by atoms with van der Waals surface area (Å²) in [6.07, 6.45) is 6.12. The number of amides is 1. The maximum atomic E-state index is 12.5. The highest BCUT2D eigenvalue weighted by atomic mass is 16.5. The lowest BCUT2D eigenvalue weighted by molar-refractivity contribution is -0.605. The molecule has 2 aliphatic carbocycles. The minimum absolute atomic E-state index is 0.237. The molecule has 0 spiro atoms. The summed E-state index contributed by atoms with van der Waals surface area (Å²) in [6.45, 7) is 5.89. The zero-order chi connectivity index (χ0) is 17.1. The Morgan fingerprint density at radius 2 is 2.25 bits per heavy atom. The van der Waals surface area contributed by atoms with Crippen LogP contribution in [0.15, 0.2) is 18.6 Å². The maximum Gasteiger partial charge on any atom is 0.286 e. The summed E-state index contributed by atoms with van der Waals surface area (Å²) < 4.78 is 2.35. The van der Waals surface area contributed by atoms with E-state index in [1.54, 1.807) is 4.68 Å². The molecule has 0 saturated heterocycles. The lowest BCUT2D eigenvalue weighted by Crippen LogP contribution is -2.49. The van der Waals surface area contributed by atoms with E-state index in [4.69, 9.17) is 0 Å². The monoisotopic (exact) mass is 328 g/mol. The van der Waals surface area contributed by atoms with Crippen LogP contribution in [-0.2, 0) is 6.42 Å². The molecular formula is C16H20N6O2. The number of hydrazine groups is 1. The minimum atomic E-state index is -0.257. The summed E-state index contributed by atoms with van der Waals surface area (Å²) in [6, 6.07) is 0. The summed E-state index contributed by atoms with van der Waals surface area (Å²) in [5.41, 5.74) is 7.88. The third-order valence-electron chi connectivity index (χ3n) is 4.41. The first-order valence-electron chi connectivity index (χ1n) is 8.08. The summed E-state index contributed by atoms with van der Waals surface area (Å²) in [4.78, 5) is 16.8. The first-order valence-corrected chi connectivity index (χ1v) is 8.08. The van der Waals surface area contributed by atoms with Crippen LogP contribution >= 0.6 is 0 Å². The molecule has 0 aromatic carbocycles. The van der Waals surface area contributed by atoms with Crippen molar-refractivity contribution in [3.8, 4) is 5.82 Å². The number of hydrogen-bond donors (Lipinski definition) is 2. The van der Waals surface area contributed by atoms with Crippen molar-refractivity contribution in [1.29, 1.82) is 0 Å². The molecule has 2 aromatic rings. The molecule has 4 rings (SSSR count). The first-order chi connectivity index (χ1) is 11.3. The molecule has 1 amide bonds. The Bertz CT molecular complexity index is 822. The topological polar surface area (TPSA) is 98.8 Å². The van der Waals surface area contributed by atoms with Crippen LogP contribution in [0.2, 0.25) is 0 Å². The van der Waals surface area contributed by atoms with Crippen molar-refractivity contribution in [3.63, 3.8) is 0 Å². The molecule has 24 heavy (non-hydrogen) atoms. The maximum absolute atomic E-state index is 12.5. The van der Waals surface area contributed by atoms with Crippen molar-refractivity contribution in [2.45, 2.75) is 45.1 Å². The van der Waals surface area contributed by atoms with Gasteiger partial charge in [-0.15, -0.1) is 0 Å². The predicted molar refractivity (Wildman–Crippen MR) is 85.2 cm³/mol. The summed E-state index contributed by atoms with van der Waals surface area (Å²) in [7, 11) is 0. The average molecular weight is 328 g/mol. The molecule has 2 N–H and O–H groups in total. The van der Waals surface area contributed by atoms with Crippen LogP contribution in [0, 0.1) is 11.1 Å². The smallest absolute Gasteiger partial charge is 0.286 e. The van der Waals surface area contributed by atoms with Crippen molar-refractivity contribution >= 4 is 5.91 Å². The summed E-state index contributed by atoms with van der Waals surface area (Å²) in [5, 5.41) is 16.0. The summed E-state index contributed by atoms with van der Waals surface area (Å²) >= 11 is 0. The van der Waals surface area contributed by atoms with Crippen LogP contribution in [-0.4, -0.2) is 26.2 Å². The van der Waals surface area contributed by atoms with Crippen LogP contribution in [0.25, 0.3) is 5.82 Å². The number of aromatic nitrogens is 4. The van der Waals surface area contributed by atoms with E-state index < -0.39 is 0 Å². The Hall–Kier alpha value is -2.48. The fraction of sp³-hybridized carbons (Fsp3) is 0.500. The molecule has 8 nitrogen and oxygen atoms in total. The summed E-state index contributed by atoms with van der Waals surface area (Å²) in [5.74, 6) is 1.20. The normalized spacial score (nSPS) is 21.3. The fourth-order valence-electron chi connectivity index (χ4n) is 3.25.